The predicted molar refractivity (Wildman–Crippen MR) is 74.2 cm³/mol. The molecule has 3 heteroatoms. The van der Waals surface area contributed by atoms with Gasteiger partial charge in [-0.15, -0.1) is 0 Å². The molecule has 0 heterocycles. The van der Waals surface area contributed by atoms with Crippen molar-refractivity contribution in [3.8, 4) is 0 Å². The first-order chi connectivity index (χ1) is 8.06. The summed E-state index contributed by atoms with van der Waals surface area (Å²) in [5.41, 5.74) is 4.27. The lowest BCUT2D eigenvalue weighted by Gasteiger charge is -2.10. The van der Waals surface area contributed by atoms with E-state index in [2.05, 4.69) is 19.1 Å². The van der Waals surface area contributed by atoms with Crippen molar-refractivity contribution in [2.24, 2.45) is 0 Å². The van der Waals surface area contributed by atoms with Gasteiger partial charge in [0, 0.05) is 18.4 Å². The van der Waals surface area contributed by atoms with Crippen LogP contribution in [0.2, 0.25) is 0 Å². The number of aryl methyl sites for hydroxylation is 3. The van der Waals surface area contributed by atoms with E-state index in [9.17, 15) is 4.79 Å². The molecule has 0 atom stereocenters. The Morgan fingerprint density at radius 3 is 2.35 bits per heavy atom. The third-order valence-corrected chi connectivity index (χ3v) is 3.54. The fraction of sp³-hybridized carbons (Fsp3) is 0.500. The second-order valence-corrected chi connectivity index (χ2v) is 5.35. The maximum atomic E-state index is 12.1. The Balaban J connectivity index is 2.69. The quantitative estimate of drug-likeness (QED) is 0.574. The smallest absolute Gasteiger partial charge is 0.173 e. The Morgan fingerprint density at radius 2 is 1.82 bits per heavy atom. The van der Waals surface area contributed by atoms with Crippen molar-refractivity contribution in [3.63, 3.8) is 0 Å². The SMILES string of the molecule is COCCSCC(=O)c1c(C)cc(C)cc1C. The van der Waals surface area contributed by atoms with E-state index < -0.39 is 0 Å². The van der Waals surface area contributed by atoms with Crippen molar-refractivity contribution in [1.82, 2.24) is 0 Å². The average Bonchev–Trinajstić information content (AvgIpc) is 2.23. The molecule has 94 valence electrons. The van der Waals surface area contributed by atoms with Crippen LogP contribution in [0, 0.1) is 20.8 Å². The van der Waals surface area contributed by atoms with Gasteiger partial charge in [-0.25, -0.2) is 0 Å². The maximum Gasteiger partial charge on any atom is 0.173 e. The van der Waals surface area contributed by atoms with E-state index >= 15 is 0 Å². The number of benzene rings is 1. The van der Waals surface area contributed by atoms with Crippen molar-refractivity contribution in [1.29, 1.82) is 0 Å². The average molecular weight is 252 g/mol. The summed E-state index contributed by atoms with van der Waals surface area (Å²) in [6.45, 7) is 6.77. The third kappa shape index (κ3) is 4.17. The molecule has 0 aliphatic heterocycles. The fourth-order valence-electron chi connectivity index (χ4n) is 2.00. The molecule has 1 aromatic carbocycles. The van der Waals surface area contributed by atoms with Crippen LogP contribution < -0.4 is 0 Å². The summed E-state index contributed by atoms with van der Waals surface area (Å²) in [4.78, 5) is 12.1. The van der Waals surface area contributed by atoms with Gasteiger partial charge in [0.1, 0.15) is 0 Å². The van der Waals surface area contributed by atoms with E-state index in [1.165, 1.54) is 5.56 Å². The minimum absolute atomic E-state index is 0.223. The molecule has 17 heavy (non-hydrogen) atoms. The molecular formula is C14H20O2S. The van der Waals surface area contributed by atoms with Gasteiger partial charge >= 0.3 is 0 Å². The summed E-state index contributed by atoms with van der Waals surface area (Å²) >= 11 is 1.63. The van der Waals surface area contributed by atoms with Gasteiger partial charge in [0.05, 0.1) is 12.4 Å². The number of ether oxygens (including phenoxy) is 1. The number of Topliss-reactive ketones (excluding diaryl/α,β-unsaturated/α-hetero) is 1. The lowest BCUT2D eigenvalue weighted by Crippen LogP contribution is -2.09. The highest BCUT2D eigenvalue weighted by Gasteiger charge is 2.12. The highest BCUT2D eigenvalue weighted by molar-refractivity contribution is 8.00. The molecule has 0 fully saturated rings. The molecular weight excluding hydrogens is 232 g/mol. The molecule has 0 aromatic heterocycles. The van der Waals surface area contributed by atoms with Crippen LogP contribution in [0.3, 0.4) is 0 Å². The number of carbonyl (C=O) groups is 1. The number of methoxy groups -OCH3 is 1. The molecule has 0 amide bonds. The van der Waals surface area contributed by atoms with E-state index in [4.69, 9.17) is 4.74 Å². The van der Waals surface area contributed by atoms with E-state index in [0.717, 1.165) is 22.4 Å². The standard InChI is InChI=1S/C14H20O2S/c1-10-7-11(2)14(12(3)8-10)13(15)9-17-6-5-16-4/h7-8H,5-6,9H2,1-4H3. The zero-order valence-corrected chi connectivity index (χ0v) is 11.8. The first kappa shape index (κ1) is 14.3. The zero-order chi connectivity index (χ0) is 12.8. The monoisotopic (exact) mass is 252 g/mol. The molecule has 0 radical (unpaired) electrons. The Bertz CT molecular complexity index is 376. The number of carbonyl (C=O) groups excluding carboxylic acids is 1. The number of hydrogen-bond acceptors (Lipinski definition) is 3. The van der Waals surface area contributed by atoms with Crippen LogP contribution >= 0.6 is 11.8 Å². The number of rotatable bonds is 6. The van der Waals surface area contributed by atoms with Crippen molar-refractivity contribution in [2.45, 2.75) is 20.8 Å². The van der Waals surface area contributed by atoms with Gasteiger partial charge in [-0.05, 0) is 31.9 Å². The Morgan fingerprint density at radius 1 is 1.24 bits per heavy atom. The van der Waals surface area contributed by atoms with Crippen LogP contribution in [0.4, 0.5) is 0 Å². The minimum Gasteiger partial charge on any atom is -0.384 e. The molecule has 0 aliphatic carbocycles. The van der Waals surface area contributed by atoms with Crippen molar-refractivity contribution < 1.29 is 9.53 Å². The van der Waals surface area contributed by atoms with Crippen LogP contribution in [0.25, 0.3) is 0 Å². The van der Waals surface area contributed by atoms with Crippen LogP contribution in [0.15, 0.2) is 12.1 Å². The molecule has 2 nitrogen and oxygen atoms in total. The maximum absolute atomic E-state index is 12.1. The lowest BCUT2D eigenvalue weighted by atomic mass is 9.97. The summed E-state index contributed by atoms with van der Waals surface area (Å²) in [6.07, 6.45) is 0. The lowest BCUT2D eigenvalue weighted by molar-refractivity contribution is 0.102. The Hall–Kier alpha value is -0.800. The predicted octanol–water partition coefficient (Wildman–Crippen LogP) is 3.17. The van der Waals surface area contributed by atoms with E-state index in [0.29, 0.717) is 12.4 Å². The first-order valence-electron chi connectivity index (χ1n) is 5.74. The van der Waals surface area contributed by atoms with E-state index in [1.807, 2.05) is 13.8 Å². The van der Waals surface area contributed by atoms with Gasteiger partial charge in [0.2, 0.25) is 0 Å². The van der Waals surface area contributed by atoms with Crippen LogP contribution in [0.5, 0.6) is 0 Å². The van der Waals surface area contributed by atoms with Crippen LogP contribution in [0.1, 0.15) is 27.0 Å². The number of ketones is 1. The Labute approximate surface area is 108 Å². The van der Waals surface area contributed by atoms with E-state index in [-0.39, 0.29) is 5.78 Å². The zero-order valence-electron chi connectivity index (χ0n) is 11.0. The van der Waals surface area contributed by atoms with Gasteiger partial charge < -0.3 is 4.74 Å². The van der Waals surface area contributed by atoms with Gasteiger partial charge in [0.15, 0.2) is 5.78 Å². The summed E-state index contributed by atoms with van der Waals surface area (Å²) in [5, 5.41) is 0. The minimum atomic E-state index is 0.223. The molecule has 0 bridgehead atoms. The second kappa shape index (κ2) is 6.82. The normalized spacial score (nSPS) is 10.6. The molecule has 0 saturated heterocycles. The van der Waals surface area contributed by atoms with Crippen LogP contribution in [-0.2, 0) is 4.74 Å². The number of hydrogen-bond donors (Lipinski definition) is 0. The van der Waals surface area contributed by atoms with E-state index in [1.54, 1.807) is 18.9 Å². The van der Waals surface area contributed by atoms with Gasteiger partial charge in [-0.3, -0.25) is 4.79 Å². The number of thioether (sulfide) groups is 1. The molecule has 1 aromatic rings. The molecule has 0 N–H and O–H groups in total. The molecule has 0 spiro atoms. The van der Waals surface area contributed by atoms with Gasteiger partial charge in [-0.1, -0.05) is 17.7 Å². The fourth-order valence-corrected chi connectivity index (χ4v) is 2.76. The highest BCUT2D eigenvalue weighted by Crippen LogP contribution is 2.18. The van der Waals surface area contributed by atoms with Gasteiger partial charge in [-0.2, -0.15) is 11.8 Å². The molecule has 1 rings (SSSR count). The highest BCUT2D eigenvalue weighted by atomic mass is 32.2. The van der Waals surface area contributed by atoms with Gasteiger partial charge in [0.25, 0.3) is 0 Å². The molecule has 0 saturated carbocycles. The molecule has 0 aliphatic rings. The topological polar surface area (TPSA) is 26.3 Å². The summed E-state index contributed by atoms with van der Waals surface area (Å²) in [6, 6.07) is 4.14. The Kier molecular flexibility index (Phi) is 5.72. The van der Waals surface area contributed by atoms with Crippen molar-refractivity contribution >= 4 is 17.5 Å². The summed E-state index contributed by atoms with van der Waals surface area (Å²) in [7, 11) is 1.68. The largest absolute Gasteiger partial charge is 0.384 e. The first-order valence-corrected chi connectivity index (χ1v) is 6.89. The van der Waals surface area contributed by atoms with Crippen molar-refractivity contribution in [3.05, 3.63) is 34.4 Å². The van der Waals surface area contributed by atoms with Crippen molar-refractivity contribution in [2.75, 3.05) is 25.2 Å². The summed E-state index contributed by atoms with van der Waals surface area (Å²) in [5.74, 6) is 1.63. The van der Waals surface area contributed by atoms with Crippen LogP contribution in [-0.4, -0.2) is 31.0 Å². The summed E-state index contributed by atoms with van der Waals surface area (Å²) < 4.78 is 4.96. The third-order valence-electron chi connectivity index (χ3n) is 2.62. The molecule has 0 unspecified atom stereocenters. The second-order valence-electron chi connectivity index (χ2n) is 4.24.